The number of halogens is 1. The number of aromatic nitrogens is 2. The number of anilines is 1. The molecule has 0 atom stereocenters. The van der Waals surface area contributed by atoms with Crippen LogP contribution < -0.4 is 5.32 Å². The molecule has 3 aromatic rings. The molecule has 0 bridgehead atoms. The van der Waals surface area contributed by atoms with Gasteiger partial charge in [-0.2, -0.15) is 10.4 Å². The van der Waals surface area contributed by atoms with Gasteiger partial charge in [0.15, 0.2) is 5.69 Å². The van der Waals surface area contributed by atoms with Crippen molar-refractivity contribution in [3.8, 4) is 23.0 Å². The molecule has 0 radical (unpaired) electrons. The van der Waals surface area contributed by atoms with Gasteiger partial charge < -0.3 is 5.32 Å². The van der Waals surface area contributed by atoms with Crippen molar-refractivity contribution >= 4 is 29.9 Å². The molecule has 0 unspecified atom stereocenters. The molecule has 0 aliphatic heterocycles. The predicted molar refractivity (Wildman–Crippen MR) is 102 cm³/mol. The van der Waals surface area contributed by atoms with Crippen LogP contribution in [-0.4, -0.2) is 23.1 Å². The molecule has 122 valence electrons. The molecule has 24 heavy (non-hydrogen) atoms. The minimum absolute atomic E-state index is 0. The van der Waals surface area contributed by atoms with Crippen LogP contribution in [0.3, 0.4) is 0 Å². The van der Waals surface area contributed by atoms with Crippen LogP contribution in [0, 0.1) is 11.3 Å². The van der Waals surface area contributed by atoms with Crippen molar-refractivity contribution in [3.05, 3.63) is 60.3 Å². The third-order valence-corrected chi connectivity index (χ3v) is 4.35. The molecule has 4 nitrogen and oxygen atoms in total. The molecule has 0 aliphatic carbocycles. The van der Waals surface area contributed by atoms with E-state index in [-0.39, 0.29) is 12.4 Å². The molecule has 1 aromatic heterocycles. The highest BCUT2D eigenvalue weighted by molar-refractivity contribution is 7.98. The Labute approximate surface area is 151 Å². The maximum absolute atomic E-state index is 9.19. The summed E-state index contributed by atoms with van der Waals surface area (Å²) >= 11 is 1.71. The molecule has 0 spiro atoms. The van der Waals surface area contributed by atoms with E-state index in [0.29, 0.717) is 5.69 Å². The van der Waals surface area contributed by atoms with E-state index in [1.165, 1.54) is 4.90 Å². The quantitative estimate of drug-likeness (QED) is 0.694. The second-order valence-electron chi connectivity index (χ2n) is 4.96. The van der Waals surface area contributed by atoms with Gasteiger partial charge in [0.05, 0.1) is 11.4 Å². The van der Waals surface area contributed by atoms with Gasteiger partial charge in [-0.15, -0.1) is 24.2 Å². The highest BCUT2D eigenvalue weighted by Crippen LogP contribution is 2.26. The molecule has 0 saturated carbocycles. The highest BCUT2D eigenvalue weighted by Gasteiger charge is 2.11. The zero-order valence-corrected chi connectivity index (χ0v) is 15.0. The fourth-order valence-electron chi connectivity index (χ4n) is 2.37. The van der Waals surface area contributed by atoms with Crippen LogP contribution in [0.15, 0.2) is 59.5 Å². The zero-order valence-electron chi connectivity index (χ0n) is 13.4. The molecule has 0 saturated heterocycles. The highest BCUT2D eigenvalue weighted by atomic mass is 35.5. The average Bonchev–Trinajstić information content (AvgIpc) is 3.06. The van der Waals surface area contributed by atoms with Crippen molar-refractivity contribution in [2.45, 2.75) is 4.90 Å². The average molecular weight is 357 g/mol. The SMILES string of the molecule is CNc1ccc(-n2nc(C#N)cc2-c2ccc(SC)cc2)cc1.Cl. The molecular weight excluding hydrogens is 340 g/mol. The molecule has 6 heteroatoms. The van der Waals surface area contributed by atoms with Gasteiger partial charge in [0, 0.05) is 29.3 Å². The maximum atomic E-state index is 9.19. The van der Waals surface area contributed by atoms with Crippen molar-refractivity contribution in [1.82, 2.24) is 9.78 Å². The normalized spacial score (nSPS) is 9.88. The molecule has 1 N–H and O–H groups in total. The number of nitrogens with one attached hydrogen (secondary N) is 1. The summed E-state index contributed by atoms with van der Waals surface area (Å²) in [5.41, 5.74) is 4.31. The fourth-order valence-corrected chi connectivity index (χ4v) is 2.78. The van der Waals surface area contributed by atoms with E-state index in [1.54, 1.807) is 11.8 Å². The van der Waals surface area contributed by atoms with Gasteiger partial charge in [0.1, 0.15) is 6.07 Å². The second kappa shape index (κ2) is 7.91. The fraction of sp³-hybridized carbons (Fsp3) is 0.111. The van der Waals surface area contributed by atoms with E-state index < -0.39 is 0 Å². The lowest BCUT2D eigenvalue weighted by molar-refractivity contribution is 0.880. The minimum Gasteiger partial charge on any atom is -0.388 e. The second-order valence-corrected chi connectivity index (χ2v) is 5.84. The number of benzene rings is 2. The smallest absolute Gasteiger partial charge is 0.163 e. The van der Waals surface area contributed by atoms with Crippen LogP contribution >= 0.6 is 24.2 Å². The molecule has 2 aromatic carbocycles. The summed E-state index contributed by atoms with van der Waals surface area (Å²) in [6.45, 7) is 0. The maximum Gasteiger partial charge on any atom is 0.163 e. The first-order chi connectivity index (χ1) is 11.2. The Hall–Kier alpha value is -2.42. The van der Waals surface area contributed by atoms with Gasteiger partial charge in [-0.1, -0.05) is 12.1 Å². The number of rotatable bonds is 4. The molecule has 0 fully saturated rings. The van der Waals surface area contributed by atoms with Gasteiger partial charge in [0.25, 0.3) is 0 Å². The van der Waals surface area contributed by atoms with Gasteiger partial charge >= 0.3 is 0 Å². The largest absolute Gasteiger partial charge is 0.388 e. The van der Waals surface area contributed by atoms with Crippen molar-refractivity contribution < 1.29 is 0 Å². The molecule has 3 rings (SSSR count). The van der Waals surface area contributed by atoms with E-state index in [1.807, 2.05) is 42.1 Å². The van der Waals surface area contributed by atoms with Crippen LogP contribution in [0.2, 0.25) is 0 Å². The molecular formula is C18H17ClN4S. The third kappa shape index (κ3) is 3.56. The van der Waals surface area contributed by atoms with Crippen LogP contribution in [0.1, 0.15) is 5.69 Å². The standard InChI is InChI=1S/C18H16N4S.ClH/c1-20-14-5-7-16(8-6-14)22-18(11-15(12-19)21-22)13-3-9-17(23-2)10-4-13;/h3-11,20H,1-2H3;1H. The topological polar surface area (TPSA) is 53.6 Å². The molecule has 0 aliphatic rings. The van der Waals surface area contributed by atoms with Crippen LogP contribution in [-0.2, 0) is 0 Å². The van der Waals surface area contributed by atoms with Gasteiger partial charge in [-0.25, -0.2) is 4.68 Å². The monoisotopic (exact) mass is 356 g/mol. The van der Waals surface area contributed by atoms with Crippen molar-refractivity contribution in [3.63, 3.8) is 0 Å². The Morgan fingerprint density at radius 2 is 1.75 bits per heavy atom. The molecule has 0 amide bonds. The predicted octanol–water partition coefficient (Wildman–Crippen LogP) is 4.60. The first-order valence-electron chi connectivity index (χ1n) is 7.18. The Balaban J connectivity index is 0.00000208. The van der Waals surface area contributed by atoms with E-state index in [0.717, 1.165) is 22.6 Å². The lowest BCUT2D eigenvalue weighted by atomic mass is 10.1. The van der Waals surface area contributed by atoms with Crippen LogP contribution in [0.4, 0.5) is 5.69 Å². The van der Waals surface area contributed by atoms with Gasteiger partial charge in [0.2, 0.25) is 0 Å². The number of nitrogens with zero attached hydrogens (tertiary/aromatic N) is 3. The Kier molecular flexibility index (Phi) is 5.91. The third-order valence-electron chi connectivity index (χ3n) is 3.61. The van der Waals surface area contributed by atoms with E-state index in [4.69, 9.17) is 0 Å². The summed E-state index contributed by atoms with van der Waals surface area (Å²) in [5.74, 6) is 0. The molecule has 1 heterocycles. The van der Waals surface area contributed by atoms with Crippen LogP contribution in [0.5, 0.6) is 0 Å². The number of hydrogen-bond donors (Lipinski definition) is 1. The number of nitriles is 1. The lowest BCUT2D eigenvalue weighted by Crippen LogP contribution is -1.99. The van der Waals surface area contributed by atoms with Crippen LogP contribution in [0.25, 0.3) is 16.9 Å². The number of hydrogen-bond acceptors (Lipinski definition) is 4. The Bertz CT molecular complexity index is 783. The number of thioether (sulfide) groups is 1. The van der Waals surface area contributed by atoms with Crippen molar-refractivity contribution in [1.29, 1.82) is 5.26 Å². The summed E-state index contributed by atoms with van der Waals surface area (Å²) in [4.78, 5) is 1.21. The summed E-state index contributed by atoms with van der Waals surface area (Å²) in [6, 6.07) is 20.2. The first-order valence-corrected chi connectivity index (χ1v) is 8.40. The summed E-state index contributed by atoms with van der Waals surface area (Å²) < 4.78 is 1.81. The van der Waals surface area contributed by atoms with E-state index in [2.05, 4.69) is 47.0 Å². The lowest BCUT2D eigenvalue weighted by Gasteiger charge is -2.09. The summed E-state index contributed by atoms with van der Waals surface area (Å²) in [5, 5.41) is 16.7. The Morgan fingerprint density at radius 1 is 1.08 bits per heavy atom. The Morgan fingerprint density at radius 3 is 2.29 bits per heavy atom. The summed E-state index contributed by atoms with van der Waals surface area (Å²) in [6.07, 6.45) is 2.05. The minimum atomic E-state index is 0. The van der Waals surface area contributed by atoms with Gasteiger partial charge in [-0.05, 0) is 42.7 Å². The van der Waals surface area contributed by atoms with Crippen molar-refractivity contribution in [2.75, 3.05) is 18.6 Å². The van der Waals surface area contributed by atoms with Gasteiger partial charge in [-0.3, -0.25) is 0 Å². The van der Waals surface area contributed by atoms with E-state index >= 15 is 0 Å². The van der Waals surface area contributed by atoms with E-state index in [9.17, 15) is 5.26 Å². The zero-order chi connectivity index (χ0) is 16.2. The summed E-state index contributed by atoms with van der Waals surface area (Å²) in [7, 11) is 1.88. The first kappa shape index (κ1) is 17.9. The van der Waals surface area contributed by atoms with Crippen molar-refractivity contribution in [2.24, 2.45) is 0 Å².